The van der Waals surface area contributed by atoms with E-state index in [4.69, 9.17) is 0 Å². The molecular formula is C8H16N2OS. The van der Waals surface area contributed by atoms with Gasteiger partial charge in [-0.1, -0.05) is 0 Å². The Kier molecular flexibility index (Phi) is 3.88. The van der Waals surface area contributed by atoms with E-state index in [1.54, 1.807) is 0 Å². The molecule has 0 radical (unpaired) electrons. The van der Waals surface area contributed by atoms with Crippen molar-refractivity contribution in [3.05, 3.63) is 0 Å². The van der Waals surface area contributed by atoms with Gasteiger partial charge in [0.1, 0.15) is 0 Å². The summed E-state index contributed by atoms with van der Waals surface area (Å²) in [6.45, 7) is 3.76. The monoisotopic (exact) mass is 188 g/mol. The molecule has 1 atom stereocenters. The predicted molar refractivity (Wildman–Crippen MR) is 52.4 cm³/mol. The van der Waals surface area contributed by atoms with Gasteiger partial charge in [-0.05, 0) is 14.0 Å². The van der Waals surface area contributed by atoms with Crippen LogP contribution in [0.15, 0.2) is 0 Å². The number of hydrogen-bond acceptors (Lipinski definition) is 3. The summed E-state index contributed by atoms with van der Waals surface area (Å²) in [5.41, 5.74) is 0. The van der Waals surface area contributed by atoms with E-state index in [9.17, 15) is 4.79 Å². The fourth-order valence-corrected chi connectivity index (χ4v) is 2.36. The molecule has 1 rings (SSSR count). The molecule has 12 heavy (non-hydrogen) atoms. The minimum atomic E-state index is 0.0254. The number of carbonyl (C=O) groups excluding carboxylic acids is 1. The highest BCUT2D eigenvalue weighted by Gasteiger charge is 2.24. The third-order valence-corrected chi connectivity index (χ3v) is 3.17. The summed E-state index contributed by atoms with van der Waals surface area (Å²) in [7, 11) is 1.85. The van der Waals surface area contributed by atoms with E-state index in [-0.39, 0.29) is 11.9 Å². The quantitative estimate of drug-likeness (QED) is 0.670. The van der Waals surface area contributed by atoms with Gasteiger partial charge in [0.2, 0.25) is 5.91 Å². The summed E-state index contributed by atoms with van der Waals surface area (Å²) in [5, 5.41) is 3.05. The Bertz CT molecular complexity index is 147. The standard InChI is InChI=1S/C8H16N2OS/c1-3-10-4-5-12-6-7(9-2)8(10)11/h7,9H,3-6H2,1-2H3. The van der Waals surface area contributed by atoms with Crippen molar-refractivity contribution in [1.82, 2.24) is 10.2 Å². The number of likely N-dealkylation sites (N-methyl/N-ethyl adjacent to an activating group) is 2. The van der Waals surface area contributed by atoms with E-state index < -0.39 is 0 Å². The fraction of sp³-hybridized carbons (Fsp3) is 0.875. The first-order valence-electron chi connectivity index (χ1n) is 4.33. The van der Waals surface area contributed by atoms with Gasteiger partial charge in [0.15, 0.2) is 0 Å². The van der Waals surface area contributed by atoms with E-state index in [2.05, 4.69) is 5.32 Å². The van der Waals surface area contributed by atoms with Crippen molar-refractivity contribution < 1.29 is 4.79 Å². The zero-order valence-electron chi connectivity index (χ0n) is 7.67. The molecular weight excluding hydrogens is 172 g/mol. The highest BCUT2D eigenvalue weighted by molar-refractivity contribution is 7.99. The maximum Gasteiger partial charge on any atom is 0.240 e. The fourth-order valence-electron chi connectivity index (χ4n) is 1.30. The number of amides is 1. The molecule has 0 aromatic rings. The Morgan fingerprint density at radius 3 is 3.08 bits per heavy atom. The van der Waals surface area contributed by atoms with Crippen molar-refractivity contribution in [1.29, 1.82) is 0 Å². The zero-order chi connectivity index (χ0) is 8.97. The number of nitrogens with zero attached hydrogens (tertiary/aromatic N) is 1. The summed E-state index contributed by atoms with van der Waals surface area (Å²) >= 11 is 1.85. The lowest BCUT2D eigenvalue weighted by Crippen LogP contribution is -2.45. The Morgan fingerprint density at radius 1 is 1.75 bits per heavy atom. The molecule has 3 nitrogen and oxygen atoms in total. The zero-order valence-corrected chi connectivity index (χ0v) is 8.49. The normalized spacial score (nSPS) is 25.7. The van der Waals surface area contributed by atoms with E-state index in [1.807, 2.05) is 30.6 Å². The molecule has 4 heteroatoms. The van der Waals surface area contributed by atoms with Crippen molar-refractivity contribution in [2.45, 2.75) is 13.0 Å². The molecule has 1 heterocycles. The van der Waals surface area contributed by atoms with Gasteiger partial charge in [0.25, 0.3) is 0 Å². The van der Waals surface area contributed by atoms with E-state index in [0.29, 0.717) is 0 Å². The molecule has 0 bridgehead atoms. The SMILES string of the molecule is CCN1CCSCC(NC)C1=O. The number of carbonyl (C=O) groups is 1. The van der Waals surface area contributed by atoms with Crippen LogP contribution in [0.4, 0.5) is 0 Å². The summed E-state index contributed by atoms with van der Waals surface area (Å²) in [4.78, 5) is 13.6. The number of thioether (sulfide) groups is 1. The van der Waals surface area contributed by atoms with Gasteiger partial charge >= 0.3 is 0 Å². The van der Waals surface area contributed by atoms with Gasteiger partial charge in [-0.3, -0.25) is 4.79 Å². The summed E-state index contributed by atoms with van der Waals surface area (Å²) in [6.07, 6.45) is 0. The van der Waals surface area contributed by atoms with Crippen LogP contribution in [-0.4, -0.2) is 48.5 Å². The Morgan fingerprint density at radius 2 is 2.50 bits per heavy atom. The highest BCUT2D eigenvalue weighted by Crippen LogP contribution is 2.11. The molecule has 1 aliphatic heterocycles. The second-order valence-corrected chi connectivity index (χ2v) is 3.98. The molecule has 0 spiro atoms. The van der Waals surface area contributed by atoms with Crippen LogP contribution < -0.4 is 5.32 Å². The van der Waals surface area contributed by atoms with Crippen LogP contribution in [0.25, 0.3) is 0 Å². The smallest absolute Gasteiger partial charge is 0.240 e. The van der Waals surface area contributed by atoms with Crippen LogP contribution in [0, 0.1) is 0 Å². The van der Waals surface area contributed by atoms with Crippen LogP contribution in [0.2, 0.25) is 0 Å². The van der Waals surface area contributed by atoms with Crippen molar-refractivity contribution in [2.24, 2.45) is 0 Å². The first-order chi connectivity index (χ1) is 5.79. The van der Waals surface area contributed by atoms with Gasteiger partial charge in [0, 0.05) is 24.6 Å². The lowest BCUT2D eigenvalue weighted by Gasteiger charge is -2.21. The van der Waals surface area contributed by atoms with Crippen LogP contribution in [-0.2, 0) is 4.79 Å². The van der Waals surface area contributed by atoms with E-state index in [0.717, 1.165) is 24.6 Å². The molecule has 1 saturated heterocycles. The van der Waals surface area contributed by atoms with Crippen LogP contribution in [0.3, 0.4) is 0 Å². The Hall–Kier alpha value is -0.220. The maximum absolute atomic E-state index is 11.7. The van der Waals surface area contributed by atoms with Gasteiger partial charge in [-0.2, -0.15) is 11.8 Å². The summed E-state index contributed by atoms with van der Waals surface area (Å²) in [5.74, 6) is 2.23. The maximum atomic E-state index is 11.7. The first kappa shape index (κ1) is 9.86. The molecule has 70 valence electrons. The van der Waals surface area contributed by atoms with Crippen molar-refractivity contribution in [2.75, 3.05) is 31.6 Å². The molecule has 0 aromatic heterocycles. The number of hydrogen-bond donors (Lipinski definition) is 1. The first-order valence-corrected chi connectivity index (χ1v) is 5.48. The Labute approximate surface area is 77.9 Å². The van der Waals surface area contributed by atoms with Crippen LogP contribution >= 0.6 is 11.8 Å². The summed E-state index contributed by atoms with van der Waals surface area (Å²) < 4.78 is 0. The largest absolute Gasteiger partial charge is 0.341 e. The van der Waals surface area contributed by atoms with Crippen molar-refractivity contribution in [3.63, 3.8) is 0 Å². The second kappa shape index (κ2) is 4.72. The summed E-state index contributed by atoms with van der Waals surface area (Å²) in [6, 6.07) is 0.0254. The van der Waals surface area contributed by atoms with E-state index >= 15 is 0 Å². The van der Waals surface area contributed by atoms with Gasteiger partial charge in [-0.25, -0.2) is 0 Å². The van der Waals surface area contributed by atoms with Gasteiger partial charge in [-0.15, -0.1) is 0 Å². The molecule has 1 unspecified atom stereocenters. The second-order valence-electron chi connectivity index (χ2n) is 2.83. The Balaban J connectivity index is 2.59. The van der Waals surface area contributed by atoms with Crippen molar-refractivity contribution in [3.8, 4) is 0 Å². The average molecular weight is 188 g/mol. The number of nitrogens with one attached hydrogen (secondary N) is 1. The molecule has 1 fully saturated rings. The average Bonchev–Trinajstić information content (AvgIpc) is 2.27. The molecule has 0 aliphatic carbocycles. The molecule has 0 saturated carbocycles. The van der Waals surface area contributed by atoms with Gasteiger partial charge < -0.3 is 10.2 Å². The molecule has 1 aliphatic rings. The third-order valence-electron chi connectivity index (χ3n) is 2.13. The third kappa shape index (κ3) is 2.14. The van der Waals surface area contributed by atoms with Gasteiger partial charge in [0.05, 0.1) is 6.04 Å². The minimum absolute atomic E-state index is 0.0254. The number of rotatable bonds is 2. The lowest BCUT2D eigenvalue weighted by atomic mass is 10.3. The highest BCUT2D eigenvalue weighted by atomic mass is 32.2. The predicted octanol–water partition coefficient (Wildman–Crippen LogP) is 0.170. The molecule has 1 amide bonds. The minimum Gasteiger partial charge on any atom is -0.341 e. The van der Waals surface area contributed by atoms with E-state index in [1.165, 1.54) is 0 Å². The van der Waals surface area contributed by atoms with Crippen LogP contribution in [0.1, 0.15) is 6.92 Å². The van der Waals surface area contributed by atoms with Crippen LogP contribution in [0.5, 0.6) is 0 Å². The lowest BCUT2D eigenvalue weighted by molar-refractivity contribution is -0.132. The topological polar surface area (TPSA) is 32.3 Å². The molecule has 1 N–H and O–H groups in total. The molecule has 0 aromatic carbocycles. The van der Waals surface area contributed by atoms with Crippen molar-refractivity contribution >= 4 is 17.7 Å².